The summed E-state index contributed by atoms with van der Waals surface area (Å²) in [5.74, 6) is 0.856. The highest BCUT2D eigenvalue weighted by atomic mass is 35.5. The summed E-state index contributed by atoms with van der Waals surface area (Å²) in [5, 5.41) is 5.42. The van der Waals surface area contributed by atoms with E-state index in [0.717, 1.165) is 33.1 Å². The van der Waals surface area contributed by atoms with Crippen LogP contribution in [0.25, 0.3) is 11.0 Å². The maximum absolute atomic E-state index is 12.4. The molecule has 4 rings (SSSR count). The number of rotatable bonds is 6. The van der Waals surface area contributed by atoms with Crippen LogP contribution in [0.2, 0.25) is 10.0 Å². The maximum Gasteiger partial charge on any atom is 0.234 e. The van der Waals surface area contributed by atoms with Crippen LogP contribution in [0.4, 0.5) is 5.69 Å². The van der Waals surface area contributed by atoms with E-state index in [1.165, 1.54) is 18.1 Å². The van der Waals surface area contributed by atoms with Crippen molar-refractivity contribution in [3.63, 3.8) is 0 Å². The third-order valence-electron chi connectivity index (χ3n) is 4.81. The molecule has 0 radical (unpaired) electrons. The molecule has 0 saturated carbocycles. The molecule has 6 nitrogen and oxygen atoms in total. The smallest absolute Gasteiger partial charge is 0.234 e. The molecule has 30 heavy (non-hydrogen) atoms. The number of carbonyl (C=O) groups is 1. The Hall–Kier alpha value is -2.48. The van der Waals surface area contributed by atoms with E-state index in [4.69, 9.17) is 27.6 Å². The zero-order chi connectivity index (χ0) is 21.3. The minimum atomic E-state index is -0.180. The van der Waals surface area contributed by atoms with Gasteiger partial charge in [-0.05, 0) is 49.7 Å². The SMILES string of the molecule is Cc1c(C)n(Cc2ccco2)c2ncnc(SCC(=O)Nc3ccc(Cl)cc3Cl)c12. The van der Waals surface area contributed by atoms with Gasteiger partial charge in [0, 0.05) is 10.7 Å². The summed E-state index contributed by atoms with van der Waals surface area (Å²) >= 11 is 13.4. The standard InChI is InChI=1S/C21H18Cl2N4O2S/c1-12-13(2)27(9-15-4-3-7-29-15)20-19(12)21(25-11-24-20)30-10-18(28)26-17-6-5-14(22)8-16(17)23/h3-8,11H,9-10H2,1-2H3,(H,26,28). The quantitative estimate of drug-likeness (QED) is 0.293. The van der Waals surface area contributed by atoms with Crippen LogP contribution in [-0.2, 0) is 11.3 Å². The molecule has 9 heteroatoms. The van der Waals surface area contributed by atoms with Crippen molar-refractivity contribution in [3.05, 3.63) is 70.0 Å². The molecular weight excluding hydrogens is 443 g/mol. The molecule has 0 aliphatic rings. The number of thioether (sulfide) groups is 1. The van der Waals surface area contributed by atoms with Gasteiger partial charge in [-0.25, -0.2) is 9.97 Å². The molecule has 0 spiro atoms. The number of halogens is 2. The van der Waals surface area contributed by atoms with Crippen molar-refractivity contribution in [2.24, 2.45) is 0 Å². The fourth-order valence-corrected chi connectivity index (χ4v) is 4.51. The number of carbonyl (C=O) groups excluding carboxylic acids is 1. The maximum atomic E-state index is 12.4. The number of fused-ring (bicyclic) bond motifs is 1. The Morgan fingerprint density at radius 1 is 1.23 bits per heavy atom. The zero-order valence-corrected chi connectivity index (χ0v) is 18.6. The van der Waals surface area contributed by atoms with E-state index in [1.54, 1.807) is 24.5 Å². The van der Waals surface area contributed by atoms with E-state index in [2.05, 4.69) is 19.9 Å². The summed E-state index contributed by atoms with van der Waals surface area (Å²) in [4.78, 5) is 21.3. The van der Waals surface area contributed by atoms with Gasteiger partial charge in [0.25, 0.3) is 0 Å². The van der Waals surface area contributed by atoms with Crippen LogP contribution < -0.4 is 5.32 Å². The molecule has 0 atom stereocenters. The summed E-state index contributed by atoms with van der Waals surface area (Å²) in [7, 11) is 0. The number of amides is 1. The lowest BCUT2D eigenvalue weighted by atomic mass is 10.2. The van der Waals surface area contributed by atoms with Crippen LogP contribution in [0.5, 0.6) is 0 Å². The van der Waals surface area contributed by atoms with Gasteiger partial charge in [0.15, 0.2) is 0 Å². The second-order valence-corrected chi connectivity index (χ2v) is 8.52. The number of furan rings is 1. The average Bonchev–Trinajstić information content (AvgIpc) is 3.32. The van der Waals surface area contributed by atoms with Crippen molar-refractivity contribution in [1.82, 2.24) is 14.5 Å². The van der Waals surface area contributed by atoms with Gasteiger partial charge in [0.1, 0.15) is 22.8 Å². The summed E-state index contributed by atoms with van der Waals surface area (Å²) in [6.45, 7) is 4.67. The fraction of sp³-hybridized carbons (Fsp3) is 0.190. The van der Waals surface area contributed by atoms with E-state index < -0.39 is 0 Å². The van der Waals surface area contributed by atoms with Crippen molar-refractivity contribution < 1.29 is 9.21 Å². The van der Waals surface area contributed by atoms with E-state index in [0.29, 0.717) is 22.3 Å². The van der Waals surface area contributed by atoms with E-state index in [1.807, 2.05) is 26.0 Å². The number of anilines is 1. The Bertz CT molecular complexity index is 1220. The first-order valence-electron chi connectivity index (χ1n) is 9.14. The fourth-order valence-electron chi connectivity index (χ4n) is 3.21. The van der Waals surface area contributed by atoms with Crippen LogP contribution in [0, 0.1) is 13.8 Å². The zero-order valence-electron chi connectivity index (χ0n) is 16.3. The molecule has 0 aliphatic carbocycles. The molecule has 0 unspecified atom stereocenters. The summed E-state index contributed by atoms with van der Waals surface area (Å²) in [5.41, 5.74) is 3.51. The van der Waals surface area contributed by atoms with Crippen LogP contribution in [0.3, 0.4) is 0 Å². The van der Waals surface area contributed by atoms with Crippen molar-refractivity contribution in [2.45, 2.75) is 25.4 Å². The molecule has 1 aromatic carbocycles. The molecule has 0 aliphatic heterocycles. The highest BCUT2D eigenvalue weighted by Gasteiger charge is 2.18. The first-order chi connectivity index (χ1) is 14.4. The summed E-state index contributed by atoms with van der Waals surface area (Å²) < 4.78 is 7.59. The largest absolute Gasteiger partial charge is 0.467 e. The van der Waals surface area contributed by atoms with Gasteiger partial charge in [0.05, 0.1) is 34.7 Å². The monoisotopic (exact) mass is 460 g/mol. The first-order valence-corrected chi connectivity index (χ1v) is 10.9. The van der Waals surface area contributed by atoms with E-state index in [9.17, 15) is 4.79 Å². The second kappa shape index (κ2) is 8.71. The van der Waals surface area contributed by atoms with E-state index >= 15 is 0 Å². The minimum absolute atomic E-state index is 0.180. The molecule has 0 saturated heterocycles. The van der Waals surface area contributed by atoms with Gasteiger partial charge in [-0.3, -0.25) is 4.79 Å². The lowest BCUT2D eigenvalue weighted by Crippen LogP contribution is -2.14. The number of aryl methyl sites for hydroxylation is 1. The molecule has 3 aromatic heterocycles. The lowest BCUT2D eigenvalue weighted by Gasteiger charge is -2.08. The highest BCUT2D eigenvalue weighted by molar-refractivity contribution is 8.00. The molecule has 1 N–H and O–H groups in total. The van der Waals surface area contributed by atoms with Crippen LogP contribution in [-0.4, -0.2) is 26.2 Å². The molecule has 154 valence electrons. The third-order valence-corrected chi connectivity index (χ3v) is 6.35. The van der Waals surface area contributed by atoms with Gasteiger partial charge < -0.3 is 14.3 Å². The number of hydrogen-bond acceptors (Lipinski definition) is 5. The minimum Gasteiger partial charge on any atom is -0.467 e. The predicted molar refractivity (Wildman–Crippen MR) is 121 cm³/mol. The Morgan fingerprint density at radius 3 is 2.80 bits per heavy atom. The number of nitrogens with zero attached hydrogens (tertiary/aromatic N) is 3. The molecule has 4 aromatic rings. The Balaban J connectivity index is 1.55. The summed E-state index contributed by atoms with van der Waals surface area (Å²) in [6.07, 6.45) is 3.18. The number of hydrogen-bond donors (Lipinski definition) is 1. The summed E-state index contributed by atoms with van der Waals surface area (Å²) in [6, 6.07) is 8.75. The molecule has 0 bridgehead atoms. The average molecular weight is 461 g/mol. The molecule has 1 amide bonds. The van der Waals surface area contributed by atoms with Gasteiger partial charge in [-0.2, -0.15) is 0 Å². The molecular formula is C21H18Cl2N4O2S. The third kappa shape index (κ3) is 4.19. The molecule has 0 fully saturated rings. The second-order valence-electron chi connectivity index (χ2n) is 6.71. The van der Waals surface area contributed by atoms with Gasteiger partial charge >= 0.3 is 0 Å². The number of nitrogens with one attached hydrogen (secondary N) is 1. The topological polar surface area (TPSA) is 73.0 Å². The van der Waals surface area contributed by atoms with Crippen molar-refractivity contribution in [1.29, 1.82) is 0 Å². The Morgan fingerprint density at radius 2 is 2.07 bits per heavy atom. The van der Waals surface area contributed by atoms with Crippen molar-refractivity contribution >= 4 is 57.6 Å². The first kappa shape index (κ1) is 20.8. The Labute approximate surface area is 187 Å². The van der Waals surface area contributed by atoms with Gasteiger partial charge in [-0.1, -0.05) is 35.0 Å². The predicted octanol–water partition coefficient (Wildman–Crippen LogP) is 5.73. The van der Waals surface area contributed by atoms with Gasteiger partial charge in [0.2, 0.25) is 5.91 Å². The highest BCUT2D eigenvalue weighted by Crippen LogP contribution is 2.32. The Kier molecular flexibility index (Phi) is 6.04. The van der Waals surface area contributed by atoms with Crippen LogP contribution >= 0.6 is 35.0 Å². The lowest BCUT2D eigenvalue weighted by molar-refractivity contribution is -0.113. The van der Waals surface area contributed by atoms with Gasteiger partial charge in [-0.15, -0.1) is 0 Å². The molecule has 3 heterocycles. The normalized spacial score (nSPS) is 11.2. The van der Waals surface area contributed by atoms with Crippen LogP contribution in [0.15, 0.2) is 52.4 Å². The van der Waals surface area contributed by atoms with Crippen molar-refractivity contribution in [3.8, 4) is 0 Å². The van der Waals surface area contributed by atoms with Crippen molar-refractivity contribution in [2.75, 3.05) is 11.1 Å². The van der Waals surface area contributed by atoms with Crippen LogP contribution in [0.1, 0.15) is 17.0 Å². The van der Waals surface area contributed by atoms with E-state index in [-0.39, 0.29) is 11.7 Å². The number of benzene rings is 1. The number of aromatic nitrogens is 3.